The molecule has 5 N–H and O–H groups in total. The quantitative estimate of drug-likeness (QED) is 0.519. The molecule has 0 rings (SSSR count). The first kappa shape index (κ1) is 18.0. The van der Waals surface area contributed by atoms with Crippen molar-refractivity contribution in [2.24, 2.45) is 11.7 Å². The fraction of sp³-hybridized carbons (Fsp3) is 0.636. The summed E-state index contributed by atoms with van der Waals surface area (Å²) in [4.78, 5) is 20.3. The van der Waals surface area contributed by atoms with Gasteiger partial charge < -0.3 is 21.3 Å². The van der Waals surface area contributed by atoms with Crippen LogP contribution in [0.1, 0.15) is 20.8 Å². The zero-order valence-corrected chi connectivity index (χ0v) is 10.7. The maximum absolute atomic E-state index is 10.2. The fourth-order valence-electron chi connectivity index (χ4n) is 0.866. The van der Waals surface area contributed by atoms with Crippen molar-refractivity contribution in [1.82, 2.24) is 5.32 Å². The molecule has 0 saturated carbocycles. The third kappa shape index (κ3) is 8.41. The number of hydrogen-bond donors (Lipinski definition) is 4. The van der Waals surface area contributed by atoms with Crippen molar-refractivity contribution in [3.63, 3.8) is 0 Å². The van der Waals surface area contributed by atoms with Gasteiger partial charge in [-0.25, -0.2) is 0 Å². The number of nitrogens with two attached hydrogens (primary N) is 1. The summed E-state index contributed by atoms with van der Waals surface area (Å²) in [5, 5.41) is 19.2. The van der Waals surface area contributed by atoms with Gasteiger partial charge >= 0.3 is 11.9 Å². The summed E-state index contributed by atoms with van der Waals surface area (Å²) in [5.74, 6) is -1.79. The summed E-state index contributed by atoms with van der Waals surface area (Å²) in [6.07, 6.45) is 0. The molecule has 0 aromatic rings. The van der Waals surface area contributed by atoms with Gasteiger partial charge in [0, 0.05) is 0 Å². The van der Waals surface area contributed by atoms with Crippen LogP contribution in [0.15, 0.2) is 12.2 Å². The number of nitrogens with one attached hydrogen (secondary N) is 1. The zero-order valence-electron chi connectivity index (χ0n) is 10.7. The van der Waals surface area contributed by atoms with Crippen LogP contribution in [-0.2, 0) is 9.59 Å². The Balaban J connectivity index is 0. The van der Waals surface area contributed by atoms with E-state index in [-0.39, 0.29) is 5.92 Å². The van der Waals surface area contributed by atoms with Gasteiger partial charge in [-0.15, -0.1) is 0 Å². The normalized spacial score (nSPS) is 13.3. The molecular formula is C11H22N2O4. The Morgan fingerprint density at radius 3 is 1.65 bits per heavy atom. The Morgan fingerprint density at radius 2 is 1.65 bits per heavy atom. The lowest BCUT2D eigenvalue weighted by molar-refractivity contribution is -0.140. The number of hydrogen-bond acceptors (Lipinski definition) is 4. The summed E-state index contributed by atoms with van der Waals surface area (Å²) in [7, 11) is 1.59. The number of rotatable bonds is 5. The van der Waals surface area contributed by atoms with Crippen molar-refractivity contribution in [3.05, 3.63) is 12.2 Å². The molecule has 0 radical (unpaired) electrons. The van der Waals surface area contributed by atoms with Gasteiger partial charge in [-0.3, -0.25) is 9.59 Å². The molecule has 0 aromatic carbocycles. The average Bonchev–Trinajstić information content (AvgIpc) is 2.16. The van der Waals surface area contributed by atoms with Gasteiger partial charge in [0.05, 0.1) is 0 Å². The van der Waals surface area contributed by atoms with E-state index in [4.69, 9.17) is 15.9 Å². The largest absolute Gasteiger partial charge is 0.480 e. The van der Waals surface area contributed by atoms with Crippen LogP contribution >= 0.6 is 0 Å². The minimum absolute atomic E-state index is 0.0208. The highest BCUT2D eigenvalue weighted by Gasteiger charge is 2.14. The van der Waals surface area contributed by atoms with Crippen LogP contribution in [0.2, 0.25) is 0 Å². The maximum Gasteiger partial charge on any atom is 0.324 e. The second-order valence-electron chi connectivity index (χ2n) is 4.01. The summed E-state index contributed by atoms with van der Waals surface area (Å²) in [5.41, 5.74) is 5.78. The van der Waals surface area contributed by atoms with Gasteiger partial charge in [0.25, 0.3) is 0 Å². The van der Waals surface area contributed by atoms with Gasteiger partial charge in [0.2, 0.25) is 0 Å². The van der Waals surface area contributed by atoms with Gasteiger partial charge in [0.15, 0.2) is 0 Å². The topological polar surface area (TPSA) is 113 Å². The lowest BCUT2D eigenvalue weighted by atomic mass is 10.1. The minimum Gasteiger partial charge on any atom is -0.480 e. The molecule has 0 fully saturated rings. The molecule has 0 spiro atoms. The van der Waals surface area contributed by atoms with Crippen LogP contribution in [0.5, 0.6) is 0 Å². The molecule has 6 nitrogen and oxygen atoms in total. The highest BCUT2D eigenvalue weighted by atomic mass is 16.4. The first-order chi connectivity index (χ1) is 7.64. The fourth-order valence-corrected chi connectivity index (χ4v) is 0.866. The van der Waals surface area contributed by atoms with E-state index in [0.717, 1.165) is 0 Å². The zero-order chi connectivity index (χ0) is 14.2. The van der Waals surface area contributed by atoms with E-state index in [0.29, 0.717) is 5.57 Å². The van der Waals surface area contributed by atoms with Crippen LogP contribution < -0.4 is 11.1 Å². The predicted octanol–water partition coefficient (Wildman–Crippen LogP) is 0.289. The molecule has 100 valence electrons. The summed E-state index contributed by atoms with van der Waals surface area (Å²) < 4.78 is 0. The predicted molar refractivity (Wildman–Crippen MR) is 65.7 cm³/mol. The third-order valence-electron chi connectivity index (χ3n) is 2.03. The van der Waals surface area contributed by atoms with E-state index in [2.05, 4.69) is 11.9 Å². The molecule has 0 aliphatic carbocycles. The molecule has 0 amide bonds. The lowest BCUT2D eigenvalue weighted by Crippen LogP contribution is -2.34. The standard InChI is InChI=1S/C6H11NO2.C5H11NO2/c1-4(2)5(7-3)6(8)9;1-3(2)4(6)5(7)8/h5,7H,1H2,2-3H3,(H,8,9);3-4H,6H2,1-2H3,(H,7,8). The third-order valence-corrected chi connectivity index (χ3v) is 2.03. The molecule has 6 heteroatoms. The molecule has 17 heavy (non-hydrogen) atoms. The van der Waals surface area contributed by atoms with Gasteiger partial charge in [-0.2, -0.15) is 0 Å². The molecule has 0 bridgehead atoms. The smallest absolute Gasteiger partial charge is 0.324 e. The Morgan fingerprint density at radius 1 is 1.24 bits per heavy atom. The van der Waals surface area contributed by atoms with Crippen LogP contribution in [-0.4, -0.2) is 41.3 Å². The first-order valence-electron chi connectivity index (χ1n) is 5.19. The summed E-state index contributed by atoms with van der Waals surface area (Å²) in [6.45, 7) is 8.73. The van der Waals surface area contributed by atoms with Gasteiger partial charge in [0.1, 0.15) is 12.1 Å². The van der Waals surface area contributed by atoms with Gasteiger partial charge in [-0.1, -0.05) is 26.0 Å². The van der Waals surface area contributed by atoms with Crippen molar-refractivity contribution in [2.75, 3.05) is 7.05 Å². The summed E-state index contributed by atoms with van der Waals surface area (Å²) in [6, 6.07) is -1.32. The molecular weight excluding hydrogens is 224 g/mol. The van der Waals surface area contributed by atoms with Crippen LogP contribution in [0.4, 0.5) is 0 Å². The van der Waals surface area contributed by atoms with Crippen molar-refractivity contribution in [1.29, 1.82) is 0 Å². The molecule has 2 unspecified atom stereocenters. The van der Waals surface area contributed by atoms with E-state index >= 15 is 0 Å². The van der Waals surface area contributed by atoms with Crippen molar-refractivity contribution in [3.8, 4) is 0 Å². The highest BCUT2D eigenvalue weighted by molar-refractivity contribution is 5.76. The average molecular weight is 246 g/mol. The first-order valence-corrected chi connectivity index (χ1v) is 5.19. The van der Waals surface area contributed by atoms with Crippen molar-refractivity contribution >= 4 is 11.9 Å². The van der Waals surface area contributed by atoms with Crippen LogP contribution in [0.3, 0.4) is 0 Å². The molecule has 0 aromatic heterocycles. The summed E-state index contributed by atoms with van der Waals surface area (Å²) >= 11 is 0. The maximum atomic E-state index is 10.2. The van der Waals surface area contributed by atoms with Crippen molar-refractivity contribution < 1.29 is 19.8 Å². The Kier molecular flexibility index (Phi) is 9.22. The number of carboxylic acid groups (broad SMARTS) is 2. The molecule has 0 saturated heterocycles. The minimum atomic E-state index is -0.931. The van der Waals surface area contributed by atoms with E-state index in [9.17, 15) is 9.59 Å². The molecule has 0 heterocycles. The Hall–Kier alpha value is -1.40. The number of likely N-dealkylation sites (N-methyl/N-ethyl adjacent to an activating group) is 1. The van der Waals surface area contributed by atoms with Gasteiger partial charge in [-0.05, 0) is 19.9 Å². The Labute approximate surface area is 102 Å². The Bertz CT molecular complexity index is 263. The molecule has 0 aliphatic rings. The van der Waals surface area contributed by atoms with E-state index < -0.39 is 24.0 Å². The second-order valence-corrected chi connectivity index (χ2v) is 4.01. The SMILES string of the molecule is C=C(C)C(NC)C(=O)O.CC(C)C(N)C(=O)O. The monoisotopic (exact) mass is 246 g/mol. The number of carbonyl (C=O) groups is 2. The molecule has 0 aliphatic heterocycles. The van der Waals surface area contributed by atoms with Crippen LogP contribution in [0.25, 0.3) is 0 Å². The van der Waals surface area contributed by atoms with E-state index in [1.54, 1.807) is 27.8 Å². The van der Waals surface area contributed by atoms with E-state index in [1.807, 2.05) is 0 Å². The highest BCUT2D eigenvalue weighted by Crippen LogP contribution is 1.96. The van der Waals surface area contributed by atoms with Crippen molar-refractivity contribution in [2.45, 2.75) is 32.9 Å². The molecule has 2 atom stereocenters. The van der Waals surface area contributed by atoms with Crippen LogP contribution in [0, 0.1) is 5.92 Å². The van der Waals surface area contributed by atoms with E-state index in [1.165, 1.54) is 0 Å². The number of aliphatic carboxylic acids is 2. The second kappa shape index (κ2) is 8.72. The number of carboxylic acids is 2. The lowest BCUT2D eigenvalue weighted by Gasteiger charge is -2.08.